The minimum atomic E-state index is -4.51. The summed E-state index contributed by atoms with van der Waals surface area (Å²) in [6, 6.07) is 11.0. The van der Waals surface area contributed by atoms with Crippen LogP contribution in [0.4, 0.5) is 26.0 Å². The Balaban J connectivity index is 1.03. The maximum Gasteiger partial charge on any atom is 0.293 e. The molecule has 0 bridgehead atoms. The number of hydrogen-bond donors (Lipinski definition) is 3. The number of benzene rings is 2. The van der Waals surface area contributed by atoms with Gasteiger partial charge in [0.25, 0.3) is 21.6 Å². The van der Waals surface area contributed by atoms with Crippen molar-refractivity contribution < 1.29 is 32.0 Å². The Hall–Kier alpha value is -4.21. The molecule has 2 aromatic carbocycles. The van der Waals surface area contributed by atoms with Gasteiger partial charge in [0, 0.05) is 43.9 Å². The molecule has 3 aromatic rings. The molecule has 15 heteroatoms. The first-order chi connectivity index (χ1) is 25.3. The van der Waals surface area contributed by atoms with Crippen LogP contribution in [0.3, 0.4) is 0 Å². The number of nitrogens with one attached hydrogen (secondary N) is 2. The van der Waals surface area contributed by atoms with Gasteiger partial charge in [-0.25, -0.2) is 26.9 Å². The Labute approximate surface area is 308 Å². The number of anilines is 2. The van der Waals surface area contributed by atoms with Gasteiger partial charge in [0.1, 0.15) is 11.5 Å². The van der Waals surface area contributed by atoms with Crippen LogP contribution in [0.15, 0.2) is 59.6 Å². The van der Waals surface area contributed by atoms with Crippen molar-refractivity contribution >= 4 is 33.1 Å². The Morgan fingerprint density at radius 2 is 1.75 bits per heavy atom. The predicted octanol–water partition coefficient (Wildman–Crippen LogP) is 5.98. The van der Waals surface area contributed by atoms with Gasteiger partial charge < -0.3 is 15.3 Å². The van der Waals surface area contributed by atoms with E-state index in [2.05, 4.69) is 19.9 Å². The molecule has 7 rings (SSSR count). The highest BCUT2D eigenvalue weighted by atomic mass is 32.2. The van der Waals surface area contributed by atoms with Crippen LogP contribution in [-0.4, -0.2) is 78.6 Å². The number of aromatic nitrogens is 1. The fourth-order valence-corrected chi connectivity index (χ4v) is 10.1. The molecule has 3 heterocycles. The Morgan fingerprint density at radius 1 is 1.04 bits per heavy atom. The Bertz CT molecular complexity index is 1970. The minimum Gasteiger partial charge on any atom is -0.390 e. The van der Waals surface area contributed by atoms with Crippen molar-refractivity contribution in [1.82, 2.24) is 14.6 Å². The highest BCUT2D eigenvalue weighted by Crippen LogP contribution is 2.60. The molecule has 2 atom stereocenters. The molecule has 53 heavy (non-hydrogen) atoms. The van der Waals surface area contributed by atoms with Crippen LogP contribution >= 0.6 is 0 Å². The number of likely N-dealkylation sites (tertiary alicyclic amines) is 1. The zero-order valence-electron chi connectivity index (χ0n) is 29.8. The lowest BCUT2D eigenvalue weighted by Gasteiger charge is -2.61. The highest BCUT2D eigenvalue weighted by molar-refractivity contribution is 7.90. The monoisotopic (exact) mass is 752 g/mol. The summed E-state index contributed by atoms with van der Waals surface area (Å²) in [6.07, 6.45) is 8.66. The average molecular weight is 753 g/mol. The molecule has 2 saturated heterocycles. The number of carbonyl (C=O) groups excluding carboxylic acids is 1. The second kappa shape index (κ2) is 14.6. The molecule has 4 fully saturated rings. The number of hydrogen-bond acceptors (Lipinski definition) is 10. The molecule has 1 aromatic heterocycles. The van der Waals surface area contributed by atoms with Gasteiger partial charge in [-0.15, -0.1) is 0 Å². The molecule has 2 aliphatic heterocycles. The SMILES string of the molecule is CC1(O)CCC(CNc2ccc(S(=O)(=O)NC(=O)c3cccnc3N3CCC4(CC3)CC(c3cccc(F)c3F)[C@@H]4N3CCCC3)cc2[N+](=O)[O-])CC1. The van der Waals surface area contributed by atoms with Crippen LogP contribution in [0.5, 0.6) is 0 Å². The molecule has 12 nitrogen and oxygen atoms in total. The van der Waals surface area contributed by atoms with Crippen molar-refractivity contribution in [3.8, 4) is 0 Å². The van der Waals surface area contributed by atoms with Crippen molar-refractivity contribution in [2.45, 2.75) is 87.2 Å². The zero-order valence-corrected chi connectivity index (χ0v) is 30.6. The second-order valence-electron chi connectivity index (χ2n) is 15.6. The standard InChI is InChI=1S/C38H46F2N6O6S/c1-37(48)13-11-25(12-14-37)24-42-31-10-9-26(22-32(31)46(49)50)53(51,52)43-36(47)28-7-5-17-41-35(28)45-20-15-38(16-21-45)23-29(34(38)44-18-2-3-19-44)27-6-4-8-30(39)33(27)40/h4-10,17,22,25,29,34,42,48H,2-3,11-16,18-21,23-24H2,1H3,(H,43,47)/t25?,29?,34-,37?/m0/s1. The van der Waals surface area contributed by atoms with Crippen molar-refractivity contribution in [2.24, 2.45) is 11.3 Å². The third-order valence-corrected chi connectivity index (χ3v) is 13.4. The Kier molecular flexibility index (Phi) is 10.2. The van der Waals surface area contributed by atoms with Crippen LogP contribution in [0.1, 0.15) is 86.6 Å². The van der Waals surface area contributed by atoms with E-state index in [1.165, 1.54) is 24.4 Å². The lowest BCUT2D eigenvalue weighted by molar-refractivity contribution is -0.384. The van der Waals surface area contributed by atoms with Crippen LogP contribution in [0.2, 0.25) is 0 Å². The van der Waals surface area contributed by atoms with E-state index in [0.717, 1.165) is 70.2 Å². The van der Waals surface area contributed by atoms with Gasteiger partial charge in [-0.05, 0) is 125 Å². The summed E-state index contributed by atoms with van der Waals surface area (Å²) in [5.41, 5.74) is -0.610. The van der Waals surface area contributed by atoms with E-state index in [0.29, 0.717) is 43.9 Å². The predicted molar refractivity (Wildman–Crippen MR) is 195 cm³/mol. The van der Waals surface area contributed by atoms with E-state index in [9.17, 15) is 37.2 Å². The quantitative estimate of drug-likeness (QED) is 0.166. The number of sulfonamides is 1. The highest BCUT2D eigenvalue weighted by Gasteiger charge is 2.58. The summed E-state index contributed by atoms with van der Waals surface area (Å²) in [7, 11) is -4.51. The van der Waals surface area contributed by atoms with Gasteiger partial charge in [-0.3, -0.25) is 19.8 Å². The Morgan fingerprint density at radius 3 is 2.45 bits per heavy atom. The van der Waals surface area contributed by atoms with Crippen molar-refractivity contribution in [1.29, 1.82) is 0 Å². The summed E-state index contributed by atoms with van der Waals surface area (Å²) < 4.78 is 58.2. The lowest BCUT2D eigenvalue weighted by atomic mass is 9.51. The number of nitrogens with zero attached hydrogens (tertiary/aromatic N) is 4. The summed E-state index contributed by atoms with van der Waals surface area (Å²) in [5, 5.41) is 25.3. The van der Waals surface area contributed by atoms with E-state index >= 15 is 0 Å². The van der Waals surface area contributed by atoms with E-state index in [1.807, 2.05) is 4.90 Å². The molecule has 4 aliphatic rings. The first-order valence-corrected chi connectivity index (χ1v) is 20.0. The van der Waals surface area contributed by atoms with Crippen LogP contribution < -0.4 is 14.9 Å². The number of nitro benzene ring substituents is 1. The molecular weight excluding hydrogens is 707 g/mol. The minimum absolute atomic E-state index is 0.0516. The molecule has 1 spiro atoms. The van der Waals surface area contributed by atoms with E-state index < -0.39 is 48.7 Å². The molecule has 1 amide bonds. The van der Waals surface area contributed by atoms with E-state index in [4.69, 9.17) is 0 Å². The van der Waals surface area contributed by atoms with Crippen molar-refractivity contribution in [3.05, 3.63) is 87.6 Å². The molecule has 2 saturated carbocycles. The first-order valence-electron chi connectivity index (χ1n) is 18.5. The third kappa shape index (κ3) is 7.47. The maximum absolute atomic E-state index is 15.0. The maximum atomic E-state index is 15.0. The van der Waals surface area contributed by atoms with Crippen LogP contribution in [0.25, 0.3) is 0 Å². The number of pyridine rings is 1. The number of halogens is 2. The normalized spacial score (nSPS) is 25.9. The second-order valence-corrected chi connectivity index (χ2v) is 17.2. The molecule has 0 radical (unpaired) electrons. The van der Waals surface area contributed by atoms with Crippen LogP contribution in [0, 0.1) is 33.1 Å². The molecular formula is C38H46F2N6O6S. The van der Waals surface area contributed by atoms with Gasteiger partial charge >= 0.3 is 0 Å². The van der Waals surface area contributed by atoms with Gasteiger partial charge in [0.2, 0.25) is 0 Å². The van der Waals surface area contributed by atoms with Crippen LogP contribution in [-0.2, 0) is 10.0 Å². The van der Waals surface area contributed by atoms with Crippen molar-refractivity contribution in [3.63, 3.8) is 0 Å². The fraction of sp³-hybridized carbons (Fsp3) is 0.526. The topological polar surface area (TPSA) is 158 Å². The summed E-state index contributed by atoms with van der Waals surface area (Å²) in [6.45, 7) is 5.13. The average Bonchev–Trinajstić information content (AvgIpc) is 3.65. The zero-order chi connectivity index (χ0) is 37.5. The molecule has 3 N–H and O–H groups in total. The third-order valence-electron chi connectivity index (χ3n) is 12.1. The number of nitro groups is 1. The number of aliphatic hydroxyl groups is 1. The lowest BCUT2D eigenvalue weighted by Crippen LogP contribution is -2.63. The number of carbonyl (C=O) groups is 1. The number of amides is 1. The fourth-order valence-electron chi connectivity index (χ4n) is 9.15. The van der Waals surface area contributed by atoms with Gasteiger partial charge in [0.05, 0.1) is 21.0 Å². The van der Waals surface area contributed by atoms with E-state index in [-0.39, 0.29) is 34.5 Å². The largest absolute Gasteiger partial charge is 0.390 e. The molecule has 2 aliphatic carbocycles. The number of rotatable bonds is 10. The summed E-state index contributed by atoms with van der Waals surface area (Å²) in [5.74, 6) is -2.11. The summed E-state index contributed by atoms with van der Waals surface area (Å²) >= 11 is 0. The van der Waals surface area contributed by atoms with Gasteiger partial charge in [-0.1, -0.05) is 12.1 Å². The smallest absolute Gasteiger partial charge is 0.293 e. The summed E-state index contributed by atoms with van der Waals surface area (Å²) in [4.78, 5) is 33.3. The van der Waals surface area contributed by atoms with Gasteiger partial charge in [0.15, 0.2) is 11.6 Å². The molecule has 284 valence electrons. The van der Waals surface area contributed by atoms with E-state index in [1.54, 1.807) is 25.1 Å². The van der Waals surface area contributed by atoms with Crippen molar-refractivity contribution in [2.75, 3.05) is 42.9 Å². The number of piperidine rings is 1. The first kappa shape index (κ1) is 37.1. The molecule has 1 unspecified atom stereocenters. The van der Waals surface area contributed by atoms with Gasteiger partial charge in [-0.2, -0.15) is 0 Å².